The van der Waals surface area contributed by atoms with Crippen LogP contribution in [0.5, 0.6) is 23.0 Å². The molecule has 0 spiro atoms. The van der Waals surface area contributed by atoms with E-state index in [1.165, 1.54) is 27.1 Å². The van der Waals surface area contributed by atoms with Gasteiger partial charge >= 0.3 is 0 Å². The van der Waals surface area contributed by atoms with E-state index in [0.29, 0.717) is 65.9 Å². The molecule has 0 aromatic heterocycles. The van der Waals surface area contributed by atoms with Gasteiger partial charge < -0.3 is 48.7 Å². The van der Waals surface area contributed by atoms with Crippen molar-refractivity contribution in [2.45, 2.75) is 101 Å². The molecular weight excluding hydrogens is 781 g/mol. The number of carbonyl (C=O) groups excluding carboxylic acids is 2. The number of carbonyl (C=O) groups is 2. The van der Waals surface area contributed by atoms with Gasteiger partial charge in [0.1, 0.15) is 36.1 Å². The van der Waals surface area contributed by atoms with Gasteiger partial charge in [0.05, 0.1) is 50.7 Å². The molecule has 1 heterocycles. The molecule has 334 valence electrons. The second-order valence-corrected chi connectivity index (χ2v) is 16.7. The van der Waals surface area contributed by atoms with Crippen molar-refractivity contribution < 1.29 is 53.4 Å². The number of hydrogen-bond donors (Lipinski definition) is 3. The maximum atomic E-state index is 14.8. The number of aliphatic hydroxyl groups is 3. The number of allylic oxidation sites excluding steroid dienone is 1. The molecule has 1 amide bonds. The Labute approximate surface area is 360 Å². The number of hydrogen-bond acceptors (Lipinski definition) is 12. The van der Waals surface area contributed by atoms with Crippen molar-refractivity contribution in [3.63, 3.8) is 0 Å². The topological polar surface area (TPSA) is 166 Å². The fourth-order valence-electron chi connectivity index (χ4n) is 10.4. The van der Waals surface area contributed by atoms with Crippen LogP contribution in [0, 0.1) is 23.7 Å². The van der Waals surface area contributed by atoms with Crippen LogP contribution in [0.4, 0.5) is 0 Å². The monoisotopic (exact) mass is 846 g/mol. The highest BCUT2D eigenvalue weighted by Gasteiger charge is 2.65. The van der Waals surface area contributed by atoms with Gasteiger partial charge in [0.15, 0.2) is 6.29 Å². The molecule has 13 heteroatoms. The zero-order valence-corrected chi connectivity index (χ0v) is 36.0. The van der Waals surface area contributed by atoms with Gasteiger partial charge in [0, 0.05) is 44.1 Å². The Morgan fingerprint density at radius 2 is 1.72 bits per heavy atom. The maximum Gasteiger partial charge on any atom is 0.239 e. The first-order chi connectivity index (χ1) is 29.9. The first kappa shape index (κ1) is 46.2. The Bertz CT molecular complexity index is 1830. The summed E-state index contributed by atoms with van der Waals surface area (Å²) in [4.78, 5) is 34.2. The van der Waals surface area contributed by atoms with E-state index in [2.05, 4.69) is 17.8 Å². The van der Waals surface area contributed by atoms with E-state index in [1.807, 2.05) is 23.1 Å². The minimum absolute atomic E-state index is 0.0173. The molecule has 6 atom stereocenters. The van der Waals surface area contributed by atoms with E-state index >= 15 is 0 Å². The molecule has 0 saturated heterocycles. The highest BCUT2D eigenvalue weighted by atomic mass is 16.7. The Morgan fingerprint density at radius 1 is 0.967 bits per heavy atom. The van der Waals surface area contributed by atoms with Gasteiger partial charge in [-0.3, -0.25) is 9.59 Å². The van der Waals surface area contributed by atoms with Crippen LogP contribution in [0.15, 0.2) is 65.9 Å². The summed E-state index contributed by atoms with van der Waals surface area (Å²) in [7, 11) is 3.05. The Morgan fingerprint density at radius 3 is 2.43 bits per heavy atom. The normalized spacial score (nSPS) is 24.9. The molecule has 2 fully saturated rings. The standard InChI is InChI=1S/C48H66N2O11/c1-4-25-59-48-44(50(21-26-58-27-24-53)45(55)20-15-33-11-5-6-12-33)31-41(49-57-3)39-29-34(13-7-9-22-51)38(14-8-10-23-52)46(47(39)48)40-30-37(17-19-43(40)61-48)60-36-16-18-42(56-2)35(28-36)32-54/h4,16-19,28-30,32-34,38,44,46-47,51-53H,1,5-15,20-27,31H2,2-3H3. The lowest BCUT2D eigenvalue weighted by molar-refractivity contribution is -0.258. The summed E-state index contributed by atoms with van der Waals surface area (Å²) in [5.74, 6) is 0.571. The number of amides is 1. The van der Waals surface area contributed by atoms with Crippen LogP contribution < -0.4 is 14.2 Å². The van der Waals surface area contributed by atoms with Gasteiger partial charge in [-0.15, -0.1) is 6.58 Å². The predicted molar refractivity (Wildman–Crippen MR) is 231 cm³/mol. The van der Waals surface area contributed by atoms with Crippen molar-refractivity contribution in [3.8, 4) is 23.0 Å². The van der Waals surface area contributed by atoms with Crippen molar-refractivity contribution in [2.75, 3.05) is 60.4 Å². The highest BCUT2D eigenvalue weighted by Crippen LogP contribution is 2.62. The summed E-state index contributed by atoms with van der Waals surface area (Å²) in [6, 6.07) is 10.2. The molecule has 61 heavy (non-hydrogen) atoms. The fraction of sp³-hybridized carbons (Fsp3) is 0.604. The molecule has 6 unspecified atom stereocenters. The van der Waals surface area contributed by atoms with E-state index in [0.717, 1.165) is 62.4 Å². The lowest BCUT2D eigenvalue weighted by Crippen LogP contribution is -2.70. The predicted octanol–water partition coefficient (Wildman–Crippen LogP) is 7.37. The SMILES string of the molecule is C=CCOC12Oc3ccc(Oc4ccc(OC)c(C=O)c4)cc3C3C(CCCCO)C(CCCCO)C=C(C(=NOC)CC1N(CCOCCO)C(=O)CCC1CCCC1)C32. The highest BCUT2D eigenvalue weighted by molar-refractivity contribution is 6.03. The third kappa shape index (κ3) is 10.7. The van der Waals surface area contributed by atoms with Crippen LogP contribution in [0.2, 0.25) is 0 Å². The van der Waals surface area contributed by atoms with Gasteiger partial charge in [0.2, 0.25) is 11.7 Å². The van der Waals surface area contributed by atoms with Crippen molar-refractivity contribution >= 4 is 17.9 Å². The van der Waals surface area contributed by atoms with E-state index in [-0.39, 0.29) is 69.8 Å². The first-order valence-corrected chi connectivity index (χ1v) is 22.3. The third-order valence-electron chi connectivity index (χ3n) is 13.1. The molecule has 4 aliphatic rings. The molecule has 0 bridgehead atoms. The third-order valence-corrected chi connectivity index (χ3v) is 13.1. The number of ether oxygens (including phenoxy) is 5. The summed E-state index contributed by atoms with van der Waals surface area (Å²) in [6.45, 7) is 4.84. The Hall–Kier alpha value is -4.27. The fourth-order valence-corrected chi connectivity index (χ4v) is 10.4. The quantitative estimate of drug-likeness (QED) is 0.0396. The number of fused-ring (bicyclic) bond motifs is 2. The maximum absolute atomic E-state index is 14.8. The number of nitrogens with zero attached hydrogens (tertiary/aromatic N) is 2. The molecule has 2 aromatic carbocycles. The number of methoxy groups -OCH3 is 1. The molecule has 3 aliphatic carbocycles. The van der Waals surface area contributed by atoms with Gasteiger partial charge in [-0.2, -0.15) is 0 Å². The van der Waals surface area contributed by atoms with Crippen molar-refractivity contribution in [2.24, 2.45) is 28.8 Å². The molecule has 3 N–H and O–H groups in total. The van der Waals surface area contributed by atoms with E-state index < -0.39 is 17.7 Å². The summed E-state index contributed by atoms with van der Waals surface area (Å²) in [5, 5.41) is 34.1. The second-order valence-electron chi connectivity index (χ2n) is 16.7. The number of aldehydes is 1. The molecular formula is C48H66N2O11. The summed E-state index contributed by atoms with van der Waals surface area (Å²) in [5.41, 5.74) is 2.94. The van der Waals surface area contributed by atoms with Crippen molar-refractivity contribution in [3.05, 3.63) is 71.8 Å². The van der Waals surface area contributed by atoms with Crippen LogP contribution >= 0.6 is 0 Å². The number of unbranched alkanes of at least 4 members (excludes halogenated alkanes) is 2. The Balaban J connectivity index is 1.53. The van der Waals surface area contributed by atoms with Crippen LogP contribution in [0.3, 0.4) is 0 Å². The van der Waals surface area contributed by atoms with Crippen molar-refractivity contribution in [1.82, 2.24) is 4.90 Å². The molecule has 6 rings (SSSR count). The van der Waals surface area contributed by atoms with Crippen LogP contribution in [0.25, 0.3) is 0 Å². The average Bonchev–Trinajstić information content (AvgIpc) is 3.81. The van der Waals surface area contributed by atoms with E-state index in [4.69, 9.17) is 28.5 Å². The lowest BCUT2D eigenvalue weighted by Gasteiger charge is -2.60. The zero-order chi connectivity index (χ0) is 43.2. The van der Waals surface area contributed by atoms with Gasteiger partial charge in [0.25, 0.3) is 0 Å². The van der Waals surface area contributed by atoms with Gasteiger partial charge in [-0.05, 0) is 91.8 Å². The molecule has 0 radical (unpaired) electrons. The van der Waals surface area contributed by atoms with Crippen LogP contribution in [0.1, 0.15) is 105 Å². The number of oxime groups is 1. The smallest absolute Gasteiger partial charge is 0.239 e. The largest absolute Gasteiger partial charge is 0.496 e. The van der Waals surface area contributed by atoms with Gasteiger partial charge in [-0.1, -0.05) is 55.8 Å². The lowest BCUT2D eigenvalue weighted by atomic mass is 9.55. The average molecular weight is 847 g/mol. The molecule has 2 saturated carbocycles. The minimum atomic E-state index is -1.40. The van der Waals surface area contributed by atoms with E-state index in [9.17, 15) is 24.9 Å². The van der Waals surface area contributed by atoms with Crippen LogP contribution in [-0.2, 0) is 19.1 Å². The zero-order valence-electron chi connectivity index (χ0n) is 36.0. The Kier molecular flexibility index (Phi) is 17.2. The summed E-state index contributed by atoms with van der Waals surface area (Å²) in [6.07, 6.45) is 15.4. The number of rotatable bonds is 25. The first-order valence-electron chi connectivity index (χ1n) is 22.3. The summed E-state index contributed by atoms with van der Waals surface area (Å²) >= 11 is 0. The minimum Gasteiger partial charge on any atom is -0.496 e. The summed E-state index contributed by atoms with van der Waals surface area (Å²) < 4.78 is 32.1. The van der Waals surface area contributed by atoms with E-state index in [1.54, 1.807) is 24.3 Å². The molecule has 13 nitrogen and oxygen atoms in total. The number of aliphatic hydroxyl groups excluding tert-OH is 3. The molecule has 2 aromatic rings. The van der Waals surface area contributed by atoms with Crippen LogP contribution in [-0.4, -0.2) is 110 Å². The number of benzene rings is 2. The van der Waals surface area contributed by atoms with Crippen molar-refractivity contribution in [1.29, 1.82) is 0 Å². The van der Waals surface area contributed by atoms with Gasteiger partial charge in [-0.25, -0.2) is 0 Å². The molecule has 1 aliphatic heterocycles. The second kappa shape index (κ2) is 22.7.